The highest BCUT2D eigenvalue weighted by molar-refractivity contribution is 7.09. The molecule has 88 valence electrons. The zero-order valence-electron chi connectivity index (χ0n) is 8.74. The standard InChI is InChI=1S/C9H11Cl2N3OS/c1-13-2-4-14(5-3-13)9(15)7-6(10)8(11)12-16-7/h2-5H2,1H3. The van der Waals surface area contributed by atoms with E-state index in [2.05, 4.69) is 9.27 Å². The predicted molar refractivity (Wildman–Crippen MR) is 65.5 cm³/mol. The van der Waals surface area contributed by atoms with Crippen LogP contribution in [-0.4, -0.2) is 53.3 Å². The maximum absolute atomic E-state index is 12.1. The molecule has 1 aliphatic rings. The molecule has 2 rings (SSSR count). The summed E-state index contributed by atoms with van der Waals surface area (Å²) in [5, 5.41) is 0.486. The molecule has 0 spiro atoms. The van der Waals surface area contributed by atoms with Crippen molar-refractivity contribution in [2.75, 3.05) is 33.2 Å². The van der Waals surface area contributed by atoms with Crippen LogP contribution in [0.3, 0.4) is 0 Å². The Morgan fingerprint density at radius 1 is 1.31 bits per heavy atom. The van der Waals surface area contributed by atoms with Crippen molar-refractivity contribution in [1.82, 2.24) is 14.2 Å². The first-order valence-electron chi connectivity index (χ1n) is 4.88. The largest absolute Gasteiger partial charge is 0.335 e. The molecule has 1 aromatic rings. The third-order valence-electron chi connectivity index (χ3n) is 2.58. The van der Waals surface area contributed by atoms with E-state index in [9.17, 15) is 4.79 Å². The molecule has 0 radical (unpaired) electrons. The molecular formula is C9H11Cl2N3OS. The fourth-order valence-corrected chi connectivity index (χ4v) is 2.72. The maximum Gasteiger partial charge on any atom is 0.267 e. The van der Waals surface area contributed by atoms with E-state index in [4.69, 9.17) is 23.2 Å². The van der Waals surface area contributed by atoms with E-state index in [0.29, 0.717) is 4.88 Å². The van der Waals surface area contributed by atoms with E-state index < -0.39 is 0 Å². The summed E-state index contributed by atoms with van der Waals surface area (Å²) in [4.78, 5) is 16.5. The van der Waals surface area contributed by atoms with E-state index in [1.807, 2.05) is 7.05 Å². The summed E-state index contributed by atoms with van der Waals surface area (Å²) >= 11 is 12.7. The Labute approximate surface area is 108 Å². The lowest BCUT2D eigenvalue weighted by Crippen LogP contribution is -2.47. The number of halogens is 2. The second kappa shape index (κ2) is 4.87. The molecule has 0 aliphatic carbocycles. The molecule has 1 saturated heterocycles. The maximum atomic E-state index is 12.1. The van der Waals surface area contributed by atoms with Gasteiger partial charge in [0.2, 0.25) is 0 Å². The monoisotopic (exact) mass is 279 g/mol. The van der Waals surface area contributed by atoms with Crippen molar-refractivity contribution < 1.29 is 4.79 Å². The van der Waals surface area contributed by atoms with Crippen molar-refractivity contribution in [3.8, 4) is 0 Å². The Kier molecular flexibility index (Phi) is 3.69. The summed E-state index contributed by atoms with van der Waals surface area (Å²) in [7, 11) is 2.04. The van der Waals surface area contributed by atoms with Gasteiger partial charge >= 0.3 is 0 Å². The van der Waals surface area contributed by atoms with Gasteiger partial charge in [0.15, 0.2) is 5.15 Å². The summed E-state index contributed by atoms with van der Waals surface area (Å²) < 4.78 is 3.86. The van der Waals surface area contributed by atoms with Gasteiger partial charge in [0.25, 0.3) is 5.91 Å². The van der Waals surface area contributed by atoms with Crippen molar-refractivity contribution in [1.29, 1.82) is 0 Å². The number of likely N-dealkylation sites (N-methyl/N-ethyl adjacent to an activating group) is 1. The molecule has 0 atom stereocenters. The second-order valence-corrected chi connectivity index (χ2v) is 5.22. The third-order valence-corrected chi connectivity index (χ3v) is 4.37. The highest BCUT2D eigenvalue weighted by Gasteiger charge is 2.25. The second-order valence-electron chi connectivity index (χ2n) is 3.71. The number of rotatable bonds is 1. The number of piperazine rings is 1. The van der Waals surface area contributed by atoms with Crippen molar-refractivity contribution >= 4 is 40.6 Å². The molecule has 1 amide bonds. The number of hydrogen-bond donors (Lipinski definition) is 0. The minimum absolute atomic E-state index is 0.0671. The quantitative estimate of drug-likeness (QED) is 0.787. The van der Waals surface area contributed by atoms with Gasteiger partial charge in [0, 0.05) is 26.2 Å². The molecule has 0 aromatic carbocycles. The van der Waals surface area contributed by atoms with Gasteiger partial charge in [-0.05, 0) is 18.6 Å². The number of hydrogen-bond acceptors (Lipinski definition) is 4. The minimum atomic E-state index is -0.0671. The van der Waals surface area contributed by atoms with Gasteiger partial charge in [-0.25, -0.2) is 0 Å². The van der Waals surface area contributed by atoms with E-state index in [-0.39, 0.29) is 16.1 Å². The summed E-state index contributed by atoms with van der Waals surface area (Å²) in [6.07, 6.45) is 0. The SMILES string of the molecule is CN1CCN(C(=O)c2snc(Cl)c2Cl)CC1. The van der Waals surface area contributed by atoms with Gasteiger partial charge in [-0.1, -0.05) is 23.2 Å². The van der Waals surface area contributed by atoms with Gasteiger partial charge < -0.3 is 9.80 Å². The van der Waals surface area contributed by atoms with Crippen LogP contribution < -0.4 is 0 Å². The van der Waals surface area contributed by atoms with Crippen LogP contribution in [0.25, 0.3) is 0 Å². The molecule has 1 aromatic heterocycles. The minimum Gasteiger partial charge on any atom is -0.335 e. The van der Waals surface area contributed by atoms with E-state index in [1.165, 1.54) is 0 Å². The van der Waals surface area contributed by atoms with Crippen LogP contribution in [0, 0.1) is 0 Å². The highest BCUT2D eigenvalue weighted by atomic mass is 35.5. The molecule has 7 heteroatoms. The van der Waals surface area contributed by atoms with Crippen LogP contribution in [0.2, 0.25) is 10.2 Å². The predicted octanol–water partition coefficient (Wildman–Crippen LogP) is 1.84. The van der Waals surface area contributed by atoms with Crippen LogP contribution in [0.15, 0.2) is 0 Å². The summed E-state index contributed by atoms with van der Waals surface area (Å²) in [5.41, 5.74) is 0. The Hall–Kier alpha value is -0.360. The fourth-order valence-electron chi connectivity index (χ4n) is 1.55. The number of carbonyl (C=O) groups is 1. The van der Waals surface area contributed by atoms with Crippen LogP contribution in [-0.2, 0) is 0 Å². The average molecular weight is 280 g/mol. The van der Waals surface area contributed by atoms with Crippen LogP contribution in [0.5, 0.6) is 0 Å². The van der Waals surface area contributed by atoms with Gasteiger partial charge in [0.1, 0.15) is 9.90 Å². The van der Waals surface area contributed by atoms with Gasteiger partial charge in [0.05, 0.1) is 0 Å². The Balaban J connectivity index is 2.11. The number of nitrogens with zero attached hydrogens (tertiary/aromatic N) is 3. The van der Waals surface area contributed by atoms with Gasteiger partial charge in [-0.2, -0.15) is 4.37 Å². The molecule has 4 nitrogen and oxygen atoms in total. The normalized spacial score (nSPS) is 17.8. The molecule has 0 bridgehead atoms. The van der Waals surface area contributed by atoms with Crippen molar-refractivity contribution in [2.45, 2.75) is 0 Å². The van der Waals surface area contributed by atoms with E-state index in [1.54, 1.807) is 4.90 Å². The van der Waals surface area contributed by atoms with Gasteiger partial charge in [-0.3, -0.25) is 4.79 Å². The molecule has 1 aliphatic heterocycles. The topological polar surface area (TPSA) is 36.4 Å². The lowest BCUT2D eigenvalue weighted by atomic mass is 10.3. The molecule has 0 unspecified atom stereocenters. The first kappa shape index (κ1) is 12.1. The average Bonchev–Trinajstić information content (AvgIpc) is 2.60. The summed E-state index contributed by atoms with van der Waals surface area (Å²) in [5.74, 6) is -0.0671. The zero-order valence-corrected chi connectivity index (χ0v) is 11.1. The Morgan fingerprint density at radius 3 is 2.44 bits per heavy atom. The summed E-state index contributed by atoms with van der Waals surface area (Å²) in [6.45, 7) is 3.22. The van der Waals surface area contributed by atoms with Crippen LogP contribution in [0.1, 0.15) is 9.67 Å². The Bertz CT molecular complexity index is 401. The first-order valence-corrected chi connectivity index (χ1v) is 6.41. The first-order chi connectivity index (χ1) is 7.59. The van der Waals surface area contributed by atoms with Crippen molar-refractivity contribution in [2.24, 2.45) is 0 Å². The molecule has 16 heavy (non-hydrogen) atoms. The van der Waals surface area contributed by atoms with E-state index in [0.717, 1.165) is 37.7 Å². The van der Waals surface area contributed by atoms with Crippen molar-refractivity contribution in [3.05, 3.63) is 15.1 Å². The summed E-state index contributed by atoms with van der Waals surface area (Å²) in [6, 6.07) is 0. The van der Waals surface area contributed by atoms with Crippen molar-refractivity contribution in [3.63, 3.8) is 0 Å². The Morgan fingerprint density at radius 2 is 1.94 bits per heavy atom. The molecule has 0 N–H and O–H groups in total. The zero-order chi connectivity index (χ0) is 11.7. The number of amides is 1. The van der Waals surface area contributed by atoms with Crippen LogP contribution >= 0.6 is 34.7 Å². The number of aromatic nitrogens is 1. The highest BCUT2D eigenvalue weighted by Crippen LogP contribution is 2.29. The van der Waals surface area contributed by atoms with Gasteiger partial charge in [-0.15, -0.1) is 0 Å². The smallest absolute Gasteiger partial charge is 0.267 e. The lowest BCUT2D eigenvalue weighted by Gasteiger charge is -2.32. The molecule has 2 heterocycles. The number of carbonyl (C=O) groups excluding carboxylic acids is 1. The molecule has 1 fully saturated rings. The molecule has 0 saturated carbocycles. The van der Waals surface area contributed by atoms with Crippen LogP contribution in [0.4, 0.5) is 0 Å². The third kappa shape index (κ3) is 2.32. The fraction of sp³-hybridized carbons (Fsp3) is 0.556. The lowest BCUT2D eigenvalue weighted by molar-refractivity contribution is 0.0669. The molecular weight excluding hydrogens is 269 g/mol. The van der Waals surface area contributed by atoms with E-state index >= 15 is 0 Å².